The molecule has 1 N–H and O–H groups in total. The number of amides is 2. The molecule has 0 spiro atoms. The third-order valence-corrected chi connectivity index (χ3v) is 4.68. The Labute approximate surface area is 124 Å². The molecule has 1 aliphatic heterocycles. The average Bonchev–Trinajstić information content (AvgIpc) is 2.91. The van der Waals surface area contributed by atoms with E-state index in [1.54, 1.807) is 11.3 Å². The standard InChI is InChI=1S/C15H22N2O2S/c1-3-6-11-15(19)17(9-8-14(18)16-11)12(4-2)13-7-5-10-20-13/h5,7,10-12H,3-4,6,8-9H2,1-2H3,(H,16,18). The minimum atomic E-state index is -0.357. The molecule has 0 aromatic carbocycles. The second kappa shape index (κ2) is 6.88. The lowest BCUT2D eigenvalue weighted by Crippen LogP contribution is -2.45. The molecule has 2 rings (SSSR count). The zero-order chi connectivity index (χ0) is 14.5. The van der Waals surface area contributed by atoms with Gasteiger partial charge in [-0.3, -0.25) is 9.59 Å². The predicted molar refractivity (Wildman–Crippen MR) is 80.5 cm³/mol. The van der Waals surface area contributed by atoms with Crippen molar-refractivity contribution in [3.8, 4) is 0 Å². The molecule has 1 aromatic rings. The second-order valence-electron chi connectivity index (χ2n) is 5.13. The molecule has 2 unspecified atom stereocenters. The number of nitrogens with one attached hydrogen (secondary N) is 1. The lowest BCUT2D eigenvalue weighted by Gasteiger charge is -2.31. The summed E-state index contributed by atoms with van der Waals surface area (Å²) in [4.78, 5) is 27.6. The first kappa shape index (κ1) is 15.0. The molecular weight excluding hydrogens is 272 g/mol. The summed E-state index contributed by atoms with van der Waals surface area (Å²) < 4.78 is 0. The fraction of sp³-hybridized carbons (Fsp3) is 0.600. The number of rotatable bonds is 5. The first-order valence-electron chi connectivity index (χ1n) is 7.30. The van der Waals surface area contributed by atoms with E-state index >= 15 is 0 Å². The van der Waals surface area contributed by atoms with E-state index in [4.69, 9.17) is 0 Å². The molecule has 20 heavy (non-hydrogen) atoms. The van der Waals surface area contributed by atoms with Gasteiger partial charge >= 0.3 is 0 Å². The van der Waals surface area contributed by atoms with Crippen molar-refractivity contribution < 1.29 is 9.59 Å². The van der Waals surface area contributed by atoms with Crippen LogP contribution in [0.2, 0.25) is 0 Å². The smallest absolute Gasteiger partial charge is 0.245 e. The van der Waals surface area contributed by atoms with Gasteiger partial charge in [-0.05, 0) is 24.3 Å². The van der Waals surface area contributed by atoms with Crippen molar-refractivity contribution in [1.82, 2.24) is 10.2 Å². The van der Waals surface area contributed by atoms with Gasteiger partial charge in [0, 0.05) is 17.8 Å². The minimum absolute atomic E-state index is 0.0136. The van der Waals surface area contributed by atoms with Crippen LogP contribution in [-0.2, 0) is 9.59 Å². The lowest BCUT2D eigenvalue weighted by molar-refractivity contribution is -0.136. The molecule has 2 atom stereocenters. The van der Waals surface area contributed by atoms with Crippen molar-refractivity contribution in [2.24, 2.45) is 0 Å². The summed E-state index contributed by atoms with van der Waals surface area (Å²) in [6.45, 7) is 4.64. The number of nitrogens with zero attached hydrogens (tertiary/aromatic N) is 1. The van der Waals surface area contributed by atoms with Crippen LogP contribution in [0.1, 0.15) is 50.4 Å². The molecule has 5 heteroatoms. The third kappa shape index (κ3) is 3.20. The van der Waals surface area contributed by atoms with E-state index in [-0.39, 0.29) is 23.9 Å². The van der Waals surface area contributed by atoms with Crippen LogP contribution in [0.4, 0.5) is 0 Å². The highest BCUT2D eigenvalue weighted by Gasteiger charge is 2.33. The Morgan fingerprint density at radius 2 is 2.25 bits per heavy atom. The topological polar surface area (TPSA) is 49.4 Å². The summed E-state index contributed by atoms with van der Waals surface area (Å²) in [6.07, 6.45) is 2.87. The van der Waals surface area contributed by atoms with E-state index in [0.29, 0.717) is 19.4 Å². The number of hydrogen-bond acceptors (Lipinski definition) is 3. The Bertz CT molecular complexity index is 458. The van der Waals surface area contributed by atoms with E-state index in [2.05, 4.69) is 18.3 Å². The molecule has 110 valence electrons. The molecule has 1 fully saturated rings. The maximum Gasteiger partial charge on any atom is 0.245 e. The monoisotopic (exact) mass is 294 g/mol. The zero-order valence-corrected chi connectivity index (χ0v) is 12.9. The summed E-state index contributed by atoms with van der Waals surface area (Å²) in [6, 6.07) is 3.82. The Balaban J connectivity index is 2.23. The van der Waals surface area contributed by atoms with E-state index in [1.165, 1.54) is 4.88 Å². The zero-order valence-electron chi connectivity index (χ0n) is 12.1. The maximum atomic E-state index is 12.7. The van der Waals surface area contributed by atoms with Gasteiger partial charge in [0.05, 0.1) is 6.04 Å². The van der Waals surface area contributed by atoms with Gasteiger partial charge in [-0.1, -0.05) is 26.3 Å². The predicted octanol–water partition coefficient (Wildman–Crippen LogP) is 2.72. The minimum Gasteiger partial charge on any atom is -0.344 e. The van der Waals surface area contributed by atoms with Gasteiger partial charge in [0.2, 0.25) is 11.8 Å². The Kier molecular flexibility index (Phi) is 5.17. The number of carbonyl (C=O) groups is 2. The van der Waals surface area contributed by atoms with E-state index in [0.717, 1.165) is 12.8 Å². The van der Waals surface area contributed by atoms with Gasteiger partial charge in [-0.15, -0.1) is 11.3 Å². The molecule has 1 aliphatic rings. The number of hydrogen-bond donors (Lipinski definition) is 1. The Hall–Kier alpha value is -1.36. The van der Waals surface area contributed by atoms with E-state index in [1.807, 2.05) is 23.3 Å². The quantitative estimate of drug-likeness (QED) is 0.907. The second-order valence-corrected chi connectivity index (χ2v) is 6.11. The van der Waals surface area contributed by atoms with Gasteiger partial charge in [0.25, 0.3) is 0 Å². The largest absolute Gasteiger partial charge is 0.344 e. The van der Waals surface area contributed by atoms with Crippen LogP contribution in [-0.4, -0.2) is 29.3 Å². The highest BCUT2D eigenvalue weighted by molar-refractivity contribution is 7.10. The highest BCUT2D eigenvalue weighted by atomic mass is 32.1. The molecule has 0 bridgehead atoms. The fourth-order valence-electron chi connectivity index (χ4n) is 2.71. The molecule has 4 nitrogen and oxygen atoms in total. The van der Waals surface area contributed by atoms with Gasteiger partial charge in [0.1, 0.15) is 6.04 Å². The number of thiophene rings is 1. The fourth-order valence-corrected chi connectivity index (χ4v) is 3.63. The van der Waals surface area contributed by atoms with Gasteiger partial charge in [-0.2, -0.15) is 0 Å². The van der Waals surface area contributed by atoms with Crippen LogP contribution >= 0.6 is 11.3 Å². The molecule has 2 heterocycles. The normalized spacial score (nSPS) is 21.5. The maximum absolute atomic E-state index is 12.7. The molecule has 2 amide bonds. The van der Waals surface area contributed by atoms with Gasteiger partial charge in [0.15, 0.2) is 0 Å². The van der Waals surface area contributed by atoms with Crippen molar-refractivity contribution in [3.63, 3.8) is 0 Å². The van der Waals surface area contributed by atoms with Crippen LogP contribution in [0.25, 0.3) is 0 Å². The molecule has 1 aromatic heterocycles. The summed E-state index contributed by atoms with van der Waals surface area (Å²) in [5.41, 5.74) is 0. The van der Waals surface area contributed by atoms with Crippen LogP contribution in [0.5, 0.6) is 0 Å². The van der Waals surface area contributed by atoms with Gasteiger partial charge in [-0.25, -0.2) is 0 Å². The summed E-state index contributed by atoms with van der Waals surface area (Å²) in [7, 11) is 0. The SMILES string of the molecule is CCCC1NC(=O)CCN(C(CC)c2cccs2)C1=O. The van der Waals surface area contributed by atoms with Crippen molar-refractivity contribution in [2.75, 3.05) is 6.54 Å². The van der Waals surface area contributed by atoms with Crippen molar-refractivity contribution >= 4 is 23.2 Å². The molecule has 0 saturated carbocycles. The summed E-state index contributed by atoms with van der Waals surface area (Å²) >= 11 is 1.67. The summed E-state index contributed by atoms with van der Waals surface area (Å²) in [5.74, 6) is 0.0540. The van der Waals surface area contributed by atoms with Crippen molar-refractivity contribution in [3.05, 3.63) is 22.4 Å². The van der Waals surface area contributed by atoms with Crippen molar-refractivity contribution in [1.29, 1.82) is 0 Å². The number of carbonyl (C=O) groups excluding carboxylic acids is 2. The van der Waals surface area contributed by atoms with Crippen molar-refractivity contribution in [2.45, 2.75) is 51.6 Å². The molecule has 0 radical (unpaired) electrons. The molecule has 1 saturated heterocycles. The van der Waals surface area contributed by atoms with Crippen LogP contribution in [0, 0.1) is 0 Å². The van der Waals surface area contributed by atoms with Crippen LogP contribution < -0.4 is 5.32 Å². The third-order valence-electron chi connectivity index (χ3n) is 3.71. The first-order chi connectivity index (χ1) is 9.67. The van der Waals surface area contributed by atoms with E-state index < -0.39 is 0 Å². The van der Waals surface area contributed by atoms with E-state index in [9.17, 15) is 9.59 Å². The molecule has 0 aliphatic carbocycles. The Morgan fingerprint density at radius 1 is 1.45 bits per heavy atom. The lowest BCUT2D eigenvalue weighted by atomic mass is 10.1. The van der Waals surface area contributed by atoms with Gasteiger partial charge < -0.3 is 10.2 Å². The first-order valence-corrected chi connectivity index (χ1v) is 8.18. The average molecular weight is 294 g/mol. The van der Waals surface area contributed by atoms with Crippen LogP contribution in [0.15, 0.2) is 17.5 Å². The summed E-state index contributed by atoms with van der Waals surface area (Å²) in [5, 5.41) is 4.89. The highest BCUT2D eigenvalue weighted by Crippen LogP contribution is 2.29. The molecular formula is C15H22N2O2S. The van der Waals surface area contributed by atoms with Crippen LogP contribution in [0.3, 0.4) is 0 Å². The Morgan fingerprint density at radius 3 is 2.85 bits per heavy atom.